The molecule has 2 aromatic rings. The normalized spacial score (nSPS) is 10.5. The number of benzene rings is 1. The van der Waals surface area contributed by atoms with Crippen LogP contribution >= 0.6 is 0 Å². The van der Waals surface area contributed by atoms with Gasteiger partial charge in [0.05, 0.1) is 11.0 Å². The van der Waals surface area contributed by atoms with Gasteiger partial charge in [0, 0.05) is 6.92 Å². The number of hydrogen-bond donors (Lipinski definition) is 1. The van der Waals surface area contributed by atoms with E-state index in [0.717, 1.165) is 5.56 Å². The van der Waals surface area contributed by atoms with Crippen molar-refractivity contribution in [3.05, 3.63) is 39.8 Å². The number of Topliss-reactive ketones (excluding diaryl/α,β-unsaturated/α-hetero) is 1. The van der Waals surface area contributed by atoms with Crippen LogP contribution in [0.3, 0.4) is 0 Å². The first kappa shape index (κ1) is 9.58. The maximum atomic E-state index is 11.4. The molecule has 1 heterocycles. The molecule has 0 bridgehead atoms. The van der Waals surface area contributed by atoms with Crippen LogP contribution in [0, 0.1) is 6.92 Å². The van der Waals surface area contributed by atoms with E-state index in [9.17, 15) is 9.59 Å². The molecule has 0 radical (unpaired) electrons. The molecule has 1 aromatic carbocycles. The van der Waals surface area contributed by atoms with Crippen LogP contribution in [0.5, 0.6) is 0 Å². The third-order valence-electron chi connectivity index (χ3n) is 2.18. The highest BCUT2D eigenvalue weighted by Crippen LogP contribution is 2.09. The lowest BCUT2D eigenvalue weighted by atomic mass is 10.2. The Balaban J connectivity index is 2.83. The number of hydrogen-bond acceptors (Lipinski definition) is 3. The van der Waals surface area contributed by atoms with Gasteiger partial charge in [0.25, 0.3) is 5.56 Å². The van der Waals surface area contributed by atoms with E-state index in [1.54, 1.807) is 6.07 Å². The summed E-state index contributed by atoms with van der Waals surface area (Å²) in [5.41, 5.74) is 1.86. The molecule has 0 aliphatic heterocycles. The third kappa shape index (κ3) is 1.66. The fourth-order valence-corrected chi connectivity index (χ4v) is 1.43. The van der Waals surface area contributed by atoms with Crippen LogP contribution < -0.4 is 5.56 Å². The molecule has 2 rings (SSSR count). The first-order valence-electron chi connectivity index (χ1n) is 4.59. The molecule has 0 fully saturated rings. The molecule has 0 unspecified atom stereocenters. The van der Waals surface area contributed by atoms with Crippen molar-refractivity contribution in [2.45, 2.75) is 13.8 Å². The minimum Gasteiger partial charge on any atom is -0.319 e. The Morgan fingerprint density at radius 3 is 2.80 bits per heavy atom. The number of fused-ring (bicyclic) bond motifs is 1. The van der Waals surface area contributed by atoms with Gasteiger partial charge in [-0.15, -0.1) is 0 Å². The van der Waals surface area contributed by atoms with Gasteiger partial charge < -0.3 is 4.98 Å². The molecule has 1 N–H and O–H groups in total. The Labute approximate surface area is 86.0 Å². The number of nitrogens with zero attached hydrogens (tertiary/aromatic N) is 1. The van der Waals surface area contributed by atoms with Gasteiger partial charge in [0.1, 0.15) is 0 Å². The van der Waals surface area contributed by atoms with Gasteiger partial charge in [-0.1, -0.05) is 6.07 Å². The second-order valence-corrected chi connectivity index (χ2v) is 3.49. The Morgan fingerprint density at radius 2 is 2.13 bits per heavy atom. The highest BCUT2D eigenvalue weighted by Gasteiger charge is 2.08. The molecule has 0 saturated heterocycles. The van der Waals surface area contributed by atoms with Crippen molar-refractivity contribution in [3.63, 3.8) is 0 Å². The van der Waals surface area contributed by atoms with Crippen molar-refractivity contribution in [1.29, 1.82) is 0 Å². The first-order valence-corrected chi connectivity index (χ1v) is 4.59. The average Bonchev–Trinajstić information content (AvgIpc) is 2.17. The monoisotopic (exact) mass is 202 g/mol. The quantitative estimate of drug-likeness (QED) is 0.711. The van der Waals surface area contributed by atoms with Gasteiger partial charge in [-0.2, -0.15) is 0 Å². The van der Waals surface area contributed by atoms with Crippen molar-refractivity contribution in [2.75, 3.05) is 0 Å². The number of nitrogens with one attached hydrogen (secondary N) is 1. The fraction of sp³-hybridized carbons (Fsp3) is 0.182. The molecule has 15 heavy (non-hydrogen) atoms. The fourth-order valence-electron chi connectivity index (χ4n) is 1.43. The van der Waals surface area contributed by atoms with E-state index in [0.29, 0.717) is 11.0 Å². The van der Waals surface area contributed by atoms with E-state index in [4.69, 9.17) is 0 Å². The summed E-state index contributed by atoms with van der Waals surface area (Å²) in [7, 11) is 0. The lowest BCUT2D eigenvalue weighted by molar-refractivity contribution is 0.101. The van der Waals surface area contributed by atoms with Crippen LogP contribution in [-0.2, 0) is 0 Å². The SMILES string of the molecule is CC(=O)c1nc2cc(C)ccc2[nH]c1=O. The van der Waals surface area contributed by atoms with Crippen LogP contribution in [0.15, 0.2) is 23.0 Å². The predicted octanol–water partition coefficient (Wildman–Crippen LogP) is 1.43. The number of H-pyrrole nitrogens is 1. The zero-order valence-electron chi connectivity index (χ0n) is 8.50. The highest BCUT2D eigenvalue weighted by molar-refractivity contribution is 5.93. The van der Waals surface area contributed by atoms with E-state index < -0.39 is 5.56 Å². The van der Waals surface area contributed by atoms with Gasteiger partial charge >= 0.3 is 0 Å². The van der Waals surface area contributed by atoms with E-state index in [1.165, 1.54) is 6.92 Å². The van der Waals surface area contributed by atoms with Crippen LogP contribution in [0.1, 0.15) is 23.0 Å². The molecule has 1 aromatic heterocycles. The second kappa shape index (κ2) is 3.31. The number of aryl methyl sites for hydroxylation is 1. The van der Waals surface area contributed by atoms with Gasteiger partial charge in [-0.3, -0.25) is 9.59 Å². The summed E-state index contributed by atoms with van der Waals surface area (Å²) in [4.78, 5) is 29.2. The van der Waals surface area contributed by atoms with E-state index in [1.807, 2.05) is 19.1 Å². The van der Waals surface area contributed by atoms with E-state index in [2.05, 4.69) is 9.97 Å². The van der Waals surface area contributed by atoms with Gasteiger partial charge in [0.2, 0.25) is 0 Å². The summed E-state index contributed by atoms with van der Waals surface area (Å²) in [6, 6.07) is 5.49. The van der Waals surface area contributed by atoms with E-state index >= 15 is 0 Å². The maximum Gasteiger partial charge on any atom is 0.278 e. The number of carbonyl (C=O) groups is 1. The molecule has 76 valence electrons. The predicted molar refractivity (Wildman–Crippen MR) is 57.1 cm³/mol. The number of carbonyl (C=O) groups excluding carboxylic acids is 1. The van der Waals surface area contributed by atoms with Crippen LogP contribution in [0.2, 0.25) is 0 Å². The van der Waals surface area contributed by atoms with Gasteiger partial charge in [0.15, 0.2) is 11.5 Å². The van der Waals surface area contributed by atoms with E-state index in [-0.39, 0.29) is 11.5 Å². The second-order valence-electron chi connectivity index (χ2n) is 3.49. The molecular weight excluding hydrogens is 192 g/mol. The lowest BCUT2D eigenvalue weighted by Gasteiger charge is -2.00. The van der Waals surface area contributed by atoms with Crippen molar-refractivity contribution in [3.8, 4) is 0 Å². The number of aromatic nitrogens is 2. The summed E-state index contributed by atoms with van der Waals surface area (Å²) in [5, 5.41) is 0. The average molecular weight is 202 g/mol. The number of ketones is 1. The number of aromatic amines is 1. The Hall–Kier alpha value is -1.97. The van der Waals surface area contributed by atoms with Crippen molar-refractivity contribution >= 4 is 16.8 Å². The molecule has 0 aliphatic rings. The smallest absolute Gasteiger partial charge is 0.278 e. The Morgan fingerprint density at radius 1 is 1.40 bits per heavy atom. The summed E-state index contributed by atoms with van der Waals surface area (Å²) < 4.78 is 0. The Bertz CT molecular complexity index is 599. The summed E-state index contributed by atoms with van der Waals surface area (Å²) in [6.45, 7) is 3.26. The number of rotatable bonds is 1. The summed E-state index contributed by atoms with van der Waals surface area (Å²) in [5.74, 6) is -0.320. The standard InChI is InChI=1S/C11H10N2O2/c1-6-3-4-8-9(5-6)12-10(7(2)14)11(15)13-8/h3-5H,1-2H3,(H,13,15). The zero-order chi connectivity index (χ0) is 11.0. The zero-order valence-corrected chi connectivity index (χ0v) is 8.50. The molecule has 0 spiro atoms. The molecule has 4 heteroatoms. The highest BCUT2D eigenvalue weighted by atomic mass is 16.1. The molecular formula is C11H10N2O2. The summed E-state index contributed by atoms with van der Waals surface area (Å²) in [6.07, 6.45) is 0. The largest absolute Gasteiger partial charge is 0.319 e. The minimum atomic E-state index is -0.432. The molecule has 0 aliphatic carbocycles. The third-order valence-corrected chi connectivity index (χ3v) is 2.18. The maximum absolute atomic E-state index is 11.4. The van der Waals surface area contributed by atoms with Crippen LogP contribution in [0.4, 0.5) is 0 Å². The van der Waals surface area contributed by atoms with Crippen molar-refractivity contribution in [2.24, 2.45) is 0 Å². The molecule has 4 nitrogen and oxygen atoms in total. The first-order chi connectivity index (χ1) is 7.08. The minimum absolute atomic E-state index is 0.0342. The molecule has 0 saturated carbocycles. The molecule has 0 amide bonds. The lowest BCUT2D eigenvalue weighted by Crippen LogP contribution is -2.18. The summed E-state index contributed by atoms with van der Waals surface area (Å²) >= 11 is 0. The molecule has 0 atom stereocenters. The van der Waals surface area contributed by atoms with Crippen molar-refractivity contribution in [1.82, 2.24) is 9.97 Å². The van der Waals surface area contributed by atoms with Crippen LogP contribution in [-0.4, -0.2) is 15.8 Å². The van der Waals surface area contributed by atoms with Crippen molar-refractivity contribution < 1.29 is 4.79 Å². The Kier molecular flexibility index (Phi) is 2.11. The van der Waals surface area contributed by atoms with Gasteiger partial charge in [-0.25, -0.2) is 4.98 Å². The topological polar surface area (TPSA) is 62.8 Å². The van der Waals surface area contributed by atoms with Gasteiger partial charge in [-0.05, 0) is 24.6 Å². The van der Waals surface area contributed by atoms with Crippen LogP contribution in [0.25, 0.3) is 11.0 Å².